The summed E-state index contributed by atoms with van der Waals surface area (Å²) in [5.74, 6) is -2.36. The van der Waals surface area contributed by atoms with E-state index in [1.807, 2.05) is 0 Å². The first-order chi connectivity index (χ1) is 10.4. The lowest BCUT2D eigenvalue weighted by atomic mass is 10.2. The van der Waals surface area contributed by atoms with Gasteiger partial charge in [-0.1, -0.05) is 23.2 Å². The van der Waals surface area contributed by atoms with E-state index in [-0.39, 0.29) is 10.7 Å². The van der Waals surface area contributed by atoms with E-state index >= 15 is 0 Å². The number of hydrogen-bond acceptors (Lipinski definition) is 2. The van der Waals surface area contributed by atoms with Gasteiger partial charge in [0.05, 0.1) is 5.02 Å². The highest BCUT2D eigenvalue weighted by Crippen LogP contribution is 2.21. The van der Waals surface area contributed by atoms with E-state index in [1.165, 1.54) is 12.1 Å². The minimum Gasteiger partial charge on any atom is -0.318 e. The fourth-order valence-corrected chi connectivity index (χ4v) is 2.12. The minimum atomic E-state index is -0.892. The summed E-state index contributed by atoms with van der Waals surface area (Å²) in [6, 6.07) is 8.48. The van der Waals surface area contributed by atoms with E-state index in [4.69, 9.17) is 23.2 Å². The molecular weight excluding hydrogens is 330 g/mol. The molecule has 0 aliphatic carbocycles. The molecule has 7 heteroatoms. The predicted octanol–water partition coefficient (Wildman–Crippen LogP) is 4.02. The molecule has 0 aliphatic rings. The van der Waals surface area contributed by atoms with E-state index in [2.05, 4.69) is 10.6 Å². The van der Waals surface area contributed by atoms with Gasteiger partial charge in [-0.2, -0.15) is 0 Å². The number of rotatable bonds is 2. The van der Waals surface area contributed by atoms with Crippen LogP contribution in [0.15, 0.2) is 36.4 Å². The number of benzene rings is 2. The average molecular weight is 341 g/mol. The van der Waals surface area contributed by atoms with Gasteiger partial charge in [0.25, 0.3) is 0 Å². The number of amides is 2. The Morgan fingerprint density at radius 2 is 1.68 bits per heavy atom. The fraction of sp³-hybridized carbons (Fsp3) is 0.0667. The zero-order valence-electron chi connectivity index (χ0n) is 11.4. The molecule has 0 bridgehead atoms. The minimum absolute atomic E-state index is 0.147. The molecule has 0 heterocycles. The Bertz CT molecular complexity index is 750. The maximum Gasteiger partial charge on any atom is 0.314 e. The Labute approximate surface area is 136 Å². The molecule has 114 valence electrons. The molecule has 0 aliphatic heterocycles. The third-order valence-electron chi connectivity index (χ3n) is 2.82. The Kier molecular flexibility index (Phi) is 5.00. The van der Waals surface area contributed by atoms with Crippen LogP contribution in [0, 0.1) is 12.7 Å². The largest absolute Gasteiger partial charge is 0.318 e. The predicted molar refractivity (Wildman–Crippen MR) is 84.9 cm³/mol. The summed E-state index contributed by atoms with van der Waals surface area (Å²) < 4.78 is 13.0. The maximum atomic E-state index is 13.0. The van der Waals surface area contributed by atoms with Gasteiger partial charge in [0.15, 0.2) is 0 Å². The second-order valence-electron chi connectivity index (χ2n) is 4.50. The normalized spacial score (nSPS) is 10.2. The molecule has 4 nitrogen and oxygen atoms in total. The molecular formula is C15H11Cl2FN2O2. The van der Waals surface area contributed by atoms with Crippen LogP contribution in [0.2, 0.25) is 10.0 Å². The van der Waals surface area contributed by atoms with Gasteiger partial charge in [-0.3, -0.25) is 9.59 Å². The third kappa shape index (κ3) is 3.96. The zero-order valence-corrected chi connectivity index (χ0v) is 12.9. The highest BCUT2D eigenvalue weighted by atomic mass is 35.5. The van der Waals surface area contributed by atoms with E-state index < -0.39 is 17.6 Å². The van der Waals surface area contributed by atoms with Gasteiger partial charge < -0.3 is 10.6 Å². The topological polar surface area (TPSA) is 58.2 Å². The van der Waals surface area contributed by atoms with Crippen molar-refractivity contribution in [1.29, 1.82) is 0 Å². The van der Waals surface area contributed by atoms with Crippen LogP contribution in [0.1, 0.15) is 5.56 Å². The molecule has 0 unspecified atom stereocenters. The molecule has 2 aromatic carbocycles. The monoisotopic (exact) mass is 340 g/mol. The van der Waals surface area contributed by atoms with Crippen molar-refractivity contribution in [1.82, 2.24) is 0 Å². The summed E-state index contributed by atoms with van der Waals surface area (Å²) >= 11 is 11.4. The molecule has 0 saturated carbocycles. The van der Waals surface area contributed by atoms with Crippen molar-refractivity contribution >= 4 is 46.4 Å². The van der Waals surface area contributed by atoms with Gasteiger partial charge in [0, 0.05) is 16.4 Å². The highest BCUT2D eigenvalue weighted by Gasteiger charge is 2.15. The summed E-state index contributed by atoms with van der Waals surface area (Å²) in [7, 11) is 0. The average Bonchev–Trinajstić information content (AvgIpc) is 2.45. The Balaban J connectivity index is 2.05. The van der Waals surface area contributed by atoms with Crippen molar-refractivity contribution in [3.8, 4) is 0 Å². The second-order valence-corrected chi connectivity index (χ2v) is 5.34. The quantitative estimate of drug-likeness (QED) is 0.811. The Hall–Kier alpha value is -2.11. The SMILES string of the molecule is Cc1cc(Cl)ccc1NC(=O)C(=O)Nc1ccc(F)c(Cl)c1. The highest BCUT2D eigenvalue weighted by molar-refractivity contribution is 6.44. The standard InChI is InChI=1S/C15H11Cl2FN2O2/c1-8-6-9(16)2-5-13(8)20-15(22)14(21)19-10-3-4-12(18)11(17)7-10/h2-7H,1H3,(H,19,21)(H,20,22). The van der Waals surface area contributed by atoms with Crippen molar-refractivity contribution in [2.75, 3.05) is 10.6 Å². The summed E-state index contributed by atoms with van der Waals surface area (Å²) in [5, 5.41) is 5.18. The van der Waals surface area contributed by atoms with Gasteiger partial charge in [0.1, 0.15) is 5.82 Å². The van der Waals surface area contributed by atoms with E-state index in [0.29, 0.717) is 10.7 Å². The molecule has 2 aromatic rings. The van der Waals surface area contributed by atoms with Crippen LogP contribution in [-0.2, 0) is 9.59 Å². The summed E-state index contributed by atoms with van der Waals surface area (Å²) in [6.07, 6.45) is 0. The Morgan fingerprint density at radius 1 is 1.00 bits per heavy atom. The first-order valence-corrected chi connectivity index (χ1v) is 6.96. The van der Waals surface area contributed by atoms with Crippen LogP contribution in [0.5, 0.6) is 0 Å². The van der Waals surface area contributed by atoms with Crippen LogP contribution in [0.3, 0.4) is 0 Å². The van der Waals surface area contributed by atoms with E-state index in [1.54, 1.807) is 25.1 Å². The summed E-state index contributed by atoms with van der Waals surface area (Å²) in [5.41, 5.74) is 1.42. The number of aryl methyl sites for hydroxylation is 1. The number of hydrogen-bond donors (Lipinski definition) is 2. The lowest BCUT2D eigenvalue weighted by Crippen LogP contribution is -2.29. The maximum absolute atomic E-state index is 13.0. The smallest absolute Gasteiger partial charge is 0.314 e. The first kappa shape index (κ1) is 16.3. The molecule has 0 fully saturated rings. The number of nitrogens with one attached hydrogen (secondary N) is 2. The molecule has 2 N–H and O–H groups in total. The molecule has 2 amide bonds. The van der Waals surface area contributed by atoms with Gasteiger partial charge in [-0.15, -0.1) is 0 Å². The number of halogens is 3. The van der Waals surface area contributed by atoms with E-state index in [9.17, 15) is 14.0 Å². The van der Waals surface area contributed by atoms with Gasteiger partial charge in [-0.25, -0.2) is 4.39 Å². The van der Waals surface area contributed by atoms with Gasteiger partial charge in [-0.05, 0) is 48.9 Å². The van der Waals surface area contributed by atoms with Crippen LogP contribution < -0.4 is 10.6 Å². The van der Waals surface area contributed by atoms with Gasteiger partial charge >= 0.3 is 11.8 Å². The fourth-order valence-electron chi connectivity index (χ4n) is 1.71. The van der Waals surface area contributed by atoms with Crippen LogP contribution in [-0.4, -0.2) is 11.8 Å². The number of carbonyl (C=O) groups is 2. The molecule has 0 spiro atoms. The number of carbonyl (C=O) groups excluding carboxylic acids is 2. The zero-order chi connectivity index (χ0) is 16.3. The van der Waals surface area contributed by atoms with Crippen LogP contribution >= 0.6 is 23.2 Å². The van der Waals surface area contributed by atoms with Gasteiger partial charge in [0.2, 0.25) is 0 Å². The molecule has 0 atom stereocenters. The summed E-state index contributed by atoms with van der Waals surface area (Å²) in [4.78, 5) is 23.6. The molecule has 2 rings (SSSR count). The van der Waals surface area contributed by atoms with Crippen molar-refractivity contribution < 1.29 is 14.0 Å². The van der Waals surface area contributed by atoms with Crippen molar-refractivity contribution in [2.45, 2.75) is 6.92 Å². The van der Waals surface area contributed by atoms with E-state index in [0.717, 1.165) is 11.6 Å². The van der Waals surface area contributed by atoms with Crippen molar-refractivity contribution in [3.63, 3.8) is 0 Å². The molecule has 0 aromatic heterocycles. The Morgan fingerprint density at radius 3 is 2.32 bits per heavy atom. The summed E-state index contributed by atoms with van der Waals surface area (Å²) in [6.45, 7) is 1.75. The van der Waals surface area contributed by atoms with Crippen LogP contribution in [0.25, 0.3) is 0 Å². The first-order valence-electron chi connectivity index (χ1n) is 6.20. The molecule has 22 heavy (non-hydrogen) atoms. The third-order valence-corrected chi connectivity index (χ3v) is 3.35. The molecule has 0 saturated heterocycles. The molecule has 0 radical (unpaired) electrons. The van der Waals surface area contributed by atoms with Crippen LogP contribution in [0.4, 0.5) is 15.8 Å². The lowest BCUT2D eigenvalue weighted by Gasteiger charge is -2.09. The number of anilines is 2. The van der Waals surface area contributed by atoms with Crippen molar-refractivity contribution in [2.24, 2.45) is 0 Å². The second kappa shape index (κ2) is 6.77. The lowest BCUT2D eigenvalue weighted by molar-refractivity contribution is -0.133. The van der Waals surface area contributed by atoms with Crippen molar-refractivity contribution in [3.05, 3.63) is 57.8 Å².